The van der Waals surface area contributed by atoms with E-state index in [4.69, 9.17) is 9.47 Å². The van der Waals surface area contributed by atoms with Crippen LogP contribution in [-0.4, -0.2) is 32.8 Å². The summed E-state index contributed by atoms with van der Waals surface area (Å²) >= 11 is 0. The molecule has 0 aliphatic rings. The van der Waals surface area contributed by atoms with Crippen LogP contribution in [0.1, 0.15) is 12.0 Å². The summed E-state index contributed by atoms with van der Waals surface area (Å²) < 4.78 is 39.0. The molecule has 0 saturated heterocycles. The Labute approximate surface area is 150 Å². The Hall–Kier alpha value is -2.83. The van der Waals surface area contributed by atoms with Crippen LogP contribution in [0.25, 0.3) is 0 Å². The summed E-state index contributed by atoms with van der Waals surface area (Å²) in [5.74, 6) is 1.41. The molecule has 0 heterocycles. The van der Waals surface area contributed by atoms with E-state index in [1.807, 2.05) is 0 Å². The van der Waals surface area contributed by atoms with Gasteiger partial charge in [-0.15, -0.1) is 0 Å². The second-order valence-electron chi connectivity index (χ2n) is 5.40. The highest BCUT2D eigenvalue weighted by atomic mass is 19.3. The fraction of sp³-hybridized carbons (Fsp3) is 0.316. The molecule has 26 heavy (non-hydrogen) atoms. The molecule has 140 valence electrons. The van der Waals surface area contributed by atoms with Crippen LogP contribution in [0.3, 0.4) is 0 Å². The molecule has 1 N–H and O–H groups in total. The molecule has 0 fully saturated rings. The van der Waals surface area contributed by atoms with Crippen molar-refractivity contribution in [3.8, 4) is 17.2 Å². The molecule has 5 nitrogen and oxygen atoms in total. The van der Waals surface area contributed by atoms with Crippen LogP contribution in [-0.2, 0) is 11.2 Å². The van der Waals surface area contributed by atoms with Crippen molar-refractivity contribution in [3.05, 3.63) is 54.1 Å². The minimum atomic E-state index is -2.83. The maximum absolute atomic E-state index is 12.1. The molecule has 2 rings (SSSR count). The van der Waals surface area contributed by atoms with E-state index in [0.29, 0.717) is 18.7 Å². The third-order valence-corrected chi connectivity index (χ3v) is 3.54. The zero-order chi connectivity index (χ0) is 18.8. The topological polar surface area (TPSA) is 56.8 Å². The lowest BCUT2D eigenvalue weighted by atomic mass is 10.1. The SMILES string of the molecule is COc1ccc(OCCC(=O)NCCc2ccc(OC(F)F)cc2)cc1. The monoisotopic (exact) mass is 365 g/mol. The van der Waals surface area contributed by atoms with Crippen molar-refractivity contribution in [1.29, 1.82) is 0 Å². The first kappa shape index (κ1) is 19.5. The van der Waals surface area contributed by atoms with Gasteiger partial charge in [0.25, 0.3) is 0 Å². The summed E-state index contributed by atoms with van der Waals surface area (Å²) in [6, 6.07) is 13.5. The number of methoxy groups -OCH3 is 1. The largest absolute Gasteiger partial charge is 0.497 e. The molecule has 0 spiro atoms. The maximum Gasteiger partial charge on any atom is 0.387 e. The van der Waals surface area contributed by atoms with Crippen molar-refractivity contribution in [2.75, 3.05) is 20.3 Å². The van der Waals surface area contributed by atoms with Gasteiger partial charge in [0.1, 0.15) is 17.2 Å². The Balaban J connectivity index is 1.62. The Morgan fingerprint density at radius 3 is 2.23 bits per heavy atom. The molecule has 2 aromatic rings. The van der Waals surface area contributed by atoms with Crippen molar-refractivity contribution in [3.63, 3.8) is 0 Å². The van der Waals surface area contributed by atoms with E-state index < -0.39 is 6.61 Å². The third kappa shape index (κ3) is 6.96. The first-order chi connectivity index (χ1) is 12.6. The van der Waals surface area contributed by atoms with E-state index in [0.717, 1.165) is 11.3 Å². The van der Waals surface area contributed by atoms with Gasteiger partial charge in [-0.2, -0.15) is 8.78 Å². The number of nitrogens with one attached hydrogen (secondary N) is 1. The molecule has 0 aliphatic carbocycles. The van der Waals surface area contributed by atoms with Gasteiger partial charge in [0.15, 0.2) is 0 Å². The molecule has 0 atom stereocenters. The zero-order valence-electron chi connectivity index (χ0n) is 14.4. The van der Waals surface area contributed by atoms with Crippen LogP contribution in [0.2, 0.25) is 0 Å². The Kier molecular flexibility index (Phi) is 7.67. The standard InChI is InChI=1S/C19H21F2NO4/c1-24-15-6-8-16(9-7-15)25-13-11-18(23)22-12-10-14-2-4-17(5-3-14)26-19(20)21/h2-9,19H,10-13H2,1H3,(H,22,23). The van der Waals surface area contributed by atoms with Crippen LogP contribution in [0.5, 0.6) is 17.2 Å². The summed E-state index contributed by atoms with van der Waals surface area (Å²) in [5, 5.41) is 2.79. The highest BCUT2D eigenvalue weighted by Crippen LogP contribution is 2.17. The van der Waals surface area contributed by atoms with Gasteiger partial charge in [-0.1, -0.05) is 12.1 Å². The van der Waals surface area contributed by atoms with Gasteiger partial charge in [-0.25, -0.2) is 0 Å². The number of alkyl halides is 2. The smallest absolute Gasteiger partial charge is 0.387 e. The van der Waals surface area contributed by atoms with E-state index in [1.165, 1.54) is 12.1 Å². The summed E-state index contributed by atoms with van der Waals surface area (Å²) in [6.07, 6.45) is 0.841. The number of amides is 1. The van der Waals surface area contributed by atoms with Crippen molar-refractivity contribution in [2.24, 2.45) is 0 Å². The van der Waals surface area contributed by atoms with Gasteiger partial charge in [-0.05, 0) is 48.4 Å². The lowest BCUT2D eigenvalue weighted by Crippen LogP contribution is -2.27. The molecular weight excluding hydrogens is 344 g/mol. The lowest BCUT2D eigenvalue weighted by molar-refractivity contribution is -0.121. The lowest BCUT2D eigenvalue weighted by Gasteiger charge is -2.09. The highest BCUT2D eigenvalue weighted by Gasteiger charge is 2.05. The molecular formula is C19H21F2NO4. The van der Waals surface area contributed by atoms with Gasteiger partial charge < -0.3 is 19.5 Å². The number of halogens is 2. The van der Waals surface area contributed by atoms with E-state index >= 15 is 0 Å². The number of hydrogen-bond acceptors (Lipinski definition) is 4. The number of carbonyl (C=O) groups is 1. The number of hydrogen-bond donors (Lipinski definition) is 1. The van der Waals surface area contributed by atoms with Gasteiger partial charge in [0.05, 0.1) is 20.1 Å². The summed E-state index contributed by atoms with van der Waals surface area (Å²) in [5.41, 5.74) is 0.918. The summed E-state index contributed by atoms with van der Waals surface area (Å²) in [6.45, 7) is -2.10. The van der Waals surface area contributed by atoms with E-state index in [2.05, 4.69) is 10.1 Å². The first-order valence-corrected chi connectivity index (χ1v) is 8.14. The second-order valence-corrected chi connectivity index (χ2v) is 5.40. The van der Waals surface area contributed by atoms with E-state index in [9.17, 15) is 13.6 Å². The number of benzene rings is 2. The predicted octanol–water partition coefficient (Wildman–Crippen LogP) is 3.42. The van der Waals surface area contributed by atoms with Crippen LogP contribution in [0, 0.1) is 0 Å². The van der Waals surface area contributed by atoms with Crippen LogP contribution in [0.15, 0.2) is 48.5 Å². The Bertz CT molecular complexity index is 675. The Morgan fingerprint density at radius 1 is 1.00 bits per heavy atom. The maximum atomic E-state index is 12.1. The molecule has 0 bridgehead atoms. The third-order valence-electron chi connectivity index (χ3n) is 3.54. The summed E-state index contributed by atoms with van der Waals surface area (Å²) in [7, 11) is 1.59. The molecule has 0 radical (unpaired) electrons. The zero-order valence-corrected chi connectivity index (χ0v) is 14.4. The highest BCUT2D eigenvalue weighted by molar-refractivity contribution is 5.75. The minimum absolute atomic E-state index is 0.114. The molecule has 0 saturated carbocycles. The average Bonchev–Trinajstić information content (AvgIpc) is 2.63. The van der Waals surface area contributed by atoms with Crippen molar-refractivity contribution in [1.82, 2.24) is 5.32 Å². The van der Waals surface area contributed by atoms with E-state index in [-0.39, 0.29) is 24.7 Å². The quantitative estimate of drug-likeness (QED) is 0.701. The fourth-order valence-electron chi connectivity index (χ4n) is 2.21. The Morgan fingerprint density at radius 2 is 1.62 bits per heavy atom. The van der Waals surface area contributed by atoms with Crippen molar-refractivity contribution in [2.45, 2.75) is 19.5 Å². The number of ether oxygens (including phenoxy) is 3. The molecule has 7 heteroatoms. The normalized spacial score (nSPS) is 10.5. The molecule has 1 amide bonds. The number of carbonyl (C=O) groups excluding carboxylic acids is 1. The van der Waals surface area contributed by atoms with Crippen molar-refractivity contribution < 1.29 is 27.8 Å². The van der Waals surface area contributed by atoms with Gasteiger partial charge in [0, 0.05) is 6.54 Å². The van der Waals surface area contributed by atoms with Gasteiger partial charge >= 0.3 is 6.61 Å². The van der Waals surface area contributed by atoms with E-state index in [1.54, 1.807) is 43.5 Å². The van der Waals surface area contributed by atoms with Crippen LogP contribution < -0.4 is 19.5 Å². The first-order valence-electron chi connectivity index (χ1n) is 8.14. The van der Waals surface area contributed by atoms with Gasteiger partial charge in [0.2, 0.25) is 5.91 Å². The van der Waals surface area contributed by atoms with Gasteiger partial charge in [-0.3, -0.25) is 4.79 Å². The minimum Gasteiger partial charge on any atom is -0.497 e. The van der Waals surface area contributed by atoms with Crippen molar-refractivity contribution >= 4 is 5.91 Å². The predicted molar refractivity (Wildman–Crippen MR) is 92.9 cm³/mol. The molecule has 0 unspecified atom stereocenters. The van der Waals surface area contributed by atoms with Crippen LogP contribution in [0.4, 0.5) is 8.78 Å². The van der Waals surface area contributed by atoms with Crippen LogP contribution >= 0.6 is 0 Å². The molecule has 0 aromatic heterocycles. The fourth-order valence-corrected chi connectivity index (χ4v) is 2.21. The second kappa shape index (κ2) is 10.2. The number of rotatable bonds is 10. The molecule has 0 aliphatic heterocycles. The summed E-state index contributed by atoms with van der Waals surface area (Å²) in [4.78, 5) is 11.8. The average molecular weight is 365 g/mol. The molecule has 2 aromatic carbocycles.